The molecule has 1 heterocycles. The number of fused-ring (bicyclic) bond motifs is 2. The lowest BCUT2D eigenvalue weighted by Crippen LogP contribution is -2.32. The highest BCUT2D eigenvalue weighted by atomic mass is 32.2. The predicted octanol–water partition coefficient (Wildman–Crippen LogP) is 11.3. The first-order valence-corrected chi connectivity index (χ1v) is 24.0. The lowest BCUT2D eigenvalue weighted by molar-refractivity contribution is 1.12. The summed E-state index contributed by atoms with van der Waals surface area (Å²) in [6.07, 6.45) is 1.94. The summed E-state index contributed by atoms with van der Waals surface area (Å²) in [4.78, 5) is 5.38. The lowest BCUT2D eigenvalue weighted by Gasteiger charge is -2.29. The molecule has 260 valence electrons. The quantitative estimate of drug-likeness (QED) is 0.127. The Morgan fingerprint density at radius 2 is 0.500 bits per heavy atom. The summed E-state index contributed by atoms with van der Waals surface area (Å²) in [6, 6.07) is 81.8. The Kier molecular flexibility index (Phi) is 10.1. The molecule has 0 radical (unpaired) electrons. The summed E-state index contributed by atoms with van der Waals surface area (Å²) in [6.45, 7) is 0. The van der Waals surface area contributed by atoms with Crippen molar-refractivity contribution in [1.29, 1.82) is 0 Å². The Morgan fingerprint density at radius 3 is 0.741 bits per heavy atom. The van der Waals surface area contributed by atoms with Crippen LogP contribution in [0.5, 0.6) is 0 Å². The van der Waals surface area contributed by atoms with Gasteiger partial charge in [-0.1, -0.05) is 145 Å². The van der Waals surface area contributed by atoms with Crippen LogP contribution in [0.25, 0.3) is 0 Å². The van der Waals surface area contributed by atoms with E-state index < -0.39 is 14.5 Å². The van der Waals surface area contributed by atoms with E-state index in [1.165, 1.54) is 62.5 Å². The molecule has 0 aliphatic carbocycles. The third-order valence-corrected chi connectivity index (χ3v) is 21.8. The molecule has 0 saturated heterocycles. The Hall–Kier alpha value is -4.68. The van der Waals surface area contributed by atoms with E-state index in [0.29, 0.717) is 0 Å². The van der Waals surface area contributed by atoms with Crippen LogP contribution in [0.15, 0.2) is 238 Å². The maximum Gasteiger partial charge on any atom is 0.116 e. The van der Waals surface area contributed by atoms with E-state index in [1.54, 1.807) is 0 Å². The Balaban J connectivity index is 1.08. The Morgan fingerprint density at radius 1 is 0.259 bits per heavy atom. The van der Waals surface area contributed by atoms with Crippen LogP contribution in [0.3, 0.4) is 0 Å². The van der Waals surface area contributed by atoms with E-state index in [4.69, 9.17) is 0 Å². The van der Waals surface area contributed by atoms with Gasteiger partial charge in [0.05, 0.1) is 12.3 Å². The molecular weight excluding hydrogens is 727 g/mol. The minimum atomic E-state index is -1.99. The second-order valence-electron chi connectivity index (χ2n) is 13.7. The number of hydrogen-bond acceptors (Lipinski definition) is 2. The van der Waals surface area contributed by atoms with Crippen molar-refractivity contribution in [1.82, 2.24) is 0 Å². The van der Waals surface area contributed by atoms with Gasteiger partial charge in [-0.3, -0.25) is 0 Å². The lowest BCUT2D eigenvalue weighted by atomic mass is 10.2. The van der Waals surface area contributed by atoms with Gasteiger partial charge in [-0.25, -0.2) is 0 Å². The zero-order valence-electron chi connectivity index (χ0n) is 29.9. The van der Waals surface area contributed by atoms with Crippen LogP contribution >= 0.6 is 38.0 Å². The topological polar surface area (TPSA) is 0 Å². The number of benzene rings is 8. The SMILES string of the molecule is c1ccc([P+](Cc2ccc3c(c2)Sc2ccc(C[P+](c4ccccc4)(c4ccccc4)c4ccccc4)cc2S3)(c2ccccc2)c2ccccc2)cc1. The Bertz CT molecular complexity index is 2100. The van der Waals surface area contributed by atoms with Crippen LogP contribution in [0.1, 0.15) is 11.1 Å². The molecule has 9 rings (SSSR count). The molecule has 0 bridgehead atoms. The molecule has 0 fully saturated rings. The average molecular weight is 767 g/mol. The van der Waals surface area contributed by atoms with E-state index in [2.05, 4.69) is 218 Å². The zero-order valence-corrected chi connectivity index (χ0v) is 33.3. The first-order chi connectivity index (χ1) is 26.7. The van der Waals surface area contributed by atoms with Crippen molar-refractivity contribution in [2.24, 2.45) is 0 Å². The monoisotopic (exact) mass is 766 g/mol. The van der Waals surface area contributed by atoms with Crippen LogP contribution in [0, 0.1) is 0 Å². The average Bonchev–Trinajstić information content (AvgIpc) is 3.26. The van der Waals surface area contributed by atoms with Crippen molar-refractivity contribution >= 4 is 69.9 Å². The van der Waals surface area contributed by atoms with Crippen LogP contribution in [0.4, 0.5) is 0 Å². The van der Waals surface area contributed by atoms with Gasteiger partial charge in [0.1, 0.15) is 46.4 Å². The molecule has 8 aromatic rings. The van der Waals surface area contributed by atoms with Crippen LogP contribution in [0.2, 0.25) is 0 Å². The minimum absolute atomic E-state index is 0.972. The summed E-state index contributed by atoms with van der Waals surface area (Å²) < 4.78 is 0. The van der Waals surface area contributed by atoms with E-state index in [1.807, 2.05) is 23.5 Å². The van der Waals surface area contributed by atoms with Gasteiger partial charge in [0.2, 0.25) is 0 Å². The van der Waals surface area contributed by atoms with Gasteiger partial charge in [-0.05, 0) is 108 Å². The van der Waals surface area contributed by atoms with Gasteiger partial charge in [0.15, 0.2) is 0 Å². The van der Waals surface area contributed by atoms with E-state index in [-0.39, 0.29) is 0 Å². The van der Waals surface area contributed by atoms with Crippen molar-refractivity contribution < 1.29 is 0 Å². The first kappa shape index (κ1) is 35.0. The molecule has 54 heavy (non-hydrogen) atoms. The second-order valence-corrected chi connectivity index (χ2v) is 22.9. The molecule has 1 aliphatic rings. The van der Waals surface area contributed by atoms with Crippen LogP contribution < -0.4 is 31.8 Å². The van der Waals surface area contributed by atoms with E-state index in [0.717, 1.165) is 12.3 Å². The molecule has 0 N–H and O–H groups in total. The predicted molar refractivity (Wildman–Crippen MR) is 239 cm³/mol. The maximum atomic E-state index is 2.48. The summed E-state index contributed by atoms with van der Waals surface area (Å²) >= 11 is 3.85. The van der Waals surface area contributed by atoms with Gasteiger partial charge in [-0.2, -0.15) is 0 Å². The molecule has 0 saturated carbocycles. The molecule has 1 aliphatic heterocycles. The van der Waals surface area contributed by atoms with Crippen molar-refractivity contribution in [2.45, 2.75) is 31.9 Å². The molecule has 0 aromatic heterocycles. The summed E-state index contributed by atoms with van der Waals surface area (Å²) in [5.41, 5.74) is 2.77. The van der Waals surface area contributed by atoms with Gasteiger partial charge in [-0.15, -0.1) is 0 Å². The van der Waals surface area contributed by atoms with Crippen molar-refractivity contribution in [3.8, 4) is 0 Å². The van der Waals surface area contributed by atoms with Crippen molar-refractivity contribution in [2.75, 3.05) is 0 Å². The normalized spacial score (nSPS) is 12.4. The fraction of sp³-hybridized carbons (Fsp3) is 0.0400. The fourth-order valence-corrected chi connectivity index (χ4v) is 18.7. The highest BCUT2D eigenvalue weighted by Gasteiger charge is 2.47. The summed E-state index contributed by atoms with van der Waals surface area (Å²) in [5, 5.41) is 8.50. The Labute approximate surface area is 329 Å². The molecule has 0 amide bonds. The van der Waals surface area contributed by atoms with Crippen LogP contribution in [-0.2, 0) is 12.3 Å². The molecule has 0 spiro atoms. The molecule has 0 atom stereocenters. The van der Waals surface area contributed by atoms with Gasteiger partial charge >= 0.3 is 0 Å². The third kappa shape index (κ3) is 6.68. The summed E-state index contributed by atoms with van der Waals surface area (Å²) in [5.74, 6) is 0. The smallest absolute Gasteiger partial charge is 0.0877 e. The minimum Gasteiger partial charge on any atom is -0.0877 e. The van der Waals surface area contributed by atoms with Crippen LogP contribution in [-0.4, -0.2) is 0 Å². The van der Waals surface area contributed by atoms with Crippen molar-refractivity contribution in [3.05, 3.63) is 230 Å². The van der Waals surface area contributed by atoms with Gasteiger partial charge in [0.25, 0.3) is 0 Å². The standard InChI is InChI=1S/C50H40P2S2/c1-7-19-41(20-8-1)51(42-21-9-2-10-22-42,43-23-11-3-12-24-43)37-39-31-33-47-49(35-39)53-48-34-32-40(36-50(48)54-47)38-52(44-25-13-4-14-26-44,45-27-15-5-16-28-45)46-29-17-6-18-30-46/h1-36H,37-38H2/q+2. The largest absolute Gasteiger partial charge is 0.116 e. The van der Waals surface area contributed by atoms with Gasteiger partial charge < -0.3 is 0 Å². The zero-order chi connectivity index (χ0) is 36.2. The molecule has 8 aromatic carbocycles. The molecule has 4 heteroatoms. The fourth-order valence-electron chi connectivity index (χ4n) is 7.95. The van der Waals surface area contributed by atoms with Gasteiger partial charge in [0, 0.05) is 19.6 Å². The van der Waals surface area contributed by atoms with E-state index in [9.17, 15) is 0 Å². The summed E-state index contributed by atoms with van der Waals surface area (Å²) in [7, 11) is -3.99. The number of hydrogen-bond donors (Lipinski definition) is 0. The molecule has 0 nitrogen and oxygen atoms in total. The second kappa shape index (κ2) is 15.6. The molecular formula is C50H40P2S2+2. The maximum absolute atomic E-state index is 2.48. The highest BCUT2D eigenvalue weighted by molar-refractivity contribution is 8.05. The first-order valence-electron chi connectivity index (χ1n) is 18.4. The van der Waals surface area contributed by atoms with Crippen molar-refractivity contribution in [3.63, 3.8) is 0 Å². The van der Waals surface area contributed by atoms with E-state index >= 15 is 0 Å². The third-order valence-electron chi connectivity index (χ3n) is 10.5. The highest BCUT2D eigenvalue weighted by Crippen LogP contribution is 2.60. The number of rotatable bonds is 10. The molecule has 0 unspecified atom stereocenters.